The first kappa shape index (κ1) is 13.4. The zero-order valence-electron chi connectivity index (χ0n) is 11.0. The van der Waals surface area contributed by atoms with Crippen molar-refractivity contribution in [1.82, 2.24) is 10.2 Å². The molecule has 18 heavy (non-hydrogen) atoms. The highest BCUT2D eigenvalue weighted by Crippen LogP contribution is 2.18. The van der Waals surface area contributed by atoms with Gasteiger partial charge in [0, 0.05) is 24.5 Å². The fraction of sp³-hybridized carbons (Fsp3) is 0.500. The normalized spacial score (nSPS) is 14.6. The SMILES string of the molecule is CSc1cccc(CN(C)C(=O)CNC2CC2)c1. The van der Waals surface area contributed by atoms with Crippen LogP contribution in [0.1, 0.15) is 18.4 Å². The monoisotopic (exact) mass is 264 g/mol. The van der Waals surface area contributed by atoms with Crippen molar-refractivity contribution < 1.29 is 4.79 Å². The van der Waals surface area contributed by atoms with E-state index in [1.807, 2.05) is 13.1 Å². The molecule has 0 aliphatic heterocycles. The molecular weight excluding hydrogens is 244 g/mol. The summed E-state index contributed by atoms with van der Waals surface area (Å²) in [4.78, 5) is 14.9. The molecule has 0 saturated heterocycles. The number of hydrogen-bond donors (Lipinski definition) is 1. The summed E-state index contributed by atoms with van der Waals surface area (Å²) in [6.45, 7) is 1.14. The molecule has 1 aromatic carbocycles. The van der Waals surface area contributed by atoms with Crippen LogP contribution in [0, 0.1) is 0 Å². The predicted octanol–water partition coefficient (Wildman–Crippen LogP) is 2.12. The van der Waals surface area contributed by atoms with Gasteiger partial charge in [0.25, 0.3) is 0 Å². The molecule has 0 unspecified atom stereocenters. The van der Waals surface area contributed by atoms with Gasteiger partial charge >= 0.3 is 0 Å². The van der Waals surface area contributed by atoms with Crippen molar-refractivity contribution in [1.29, 1.82) is 0 Å². The van der Waals surface area contributed by atoms with E-state index in [0.717, 1.165) is 0 Å². The van der Waals surface area contributed by atoms with Crippen LogP contribution in [-0.4, -0.2) is 36.7 Å². The molecule has 98 valence electrons. The Morgan fingerprint density at radius 3 is 2.94 bits per heavy atom. The number of nitrogens with one attached hydrogen (secondary N) is 1. The van der Waals surface area contributed by atoms with Crippen LogP contribution in [0.25, 0.3) is 0 Å². The lowest BCUT2D eigenvalue weighted by molar-refractivity contribution is -0.129. The Balaban J connectivity index is 1.84. The smallest absolute Gasteiger partial charge is 0.236 e. The molecular formula is C14H20N2OS. The molecule has 1 aromatic rings. The highest BCUT2D eigenvalue weighted by Gasteiger charge is 2.21. The summed E-state index contributed by atoms with van der Waals surface area (Å²) < 4.78 is 0. The second kappa shape index (κ2) is 6.25. The second-order valence-corrected chi connectivity index (χ2v) is 5.64. The van der Waals surface area contributed by atoms with Gasteiger partial charge in [-0.2, -0.15) is 0 Å². The van der Waals surface area contributed by atoms with Gasteiger partial charge in [-0.25, -0.2) is 0 Å². The van der Waals surface area contributed by atoms with Gasteiger partial charge < -0.3 is 10.2 Å². The van der Waals surface area contributed by atoms with Gasteiger partial charge in [0.05, 0.1) is 6.54 Å². The van der Waals surface area contributed by atoms with E-state index in [9.17, 15) is 4.79 Å². The Bertz CT molecular complexity index is 418. The number of nitrogens with zero attached hydrogens (tertiary/aromatic N) is 1. The van der Waals surface area contributed by atoms with Crippen molar-refractivity contribution >= 4 is 17.7 Å². The van der Waals surface area contributed by atoms with Crippen LogP contribution in [-0.2, 0) is 11.3 Å². The maximum atomic E-state index is 11.9. The lowest BCUT2D eigenvalue weighted by Crippen LogP contribution is -2.35. The summed E-state index contributed by atoms with van der Waals surface area (Å²) in [5.41, 5.74) is 1.18. The van der Waals surface area contributed by atoms with Crippen molar-refractivity contribution in [2.45, 2.75) is 30.3 Å². The molecule has 1 aliphatic carbocycles. The fourth-order valence-electron chi connectivity index (χ4n) is 1.79. The Hall–Kier alpha value is -1.00. The van der Waals surface area contributed by atoms with E-state index in [1.54, 1.807) is 16.7 Å². The maximum Gasteiger partial charge on any atom is 0.236 e. The number of thioether (sulfide) groups is 1. The van der Waals surface area contributed by atoms with Gasteiger partial charge in [-0.3, -0.25) is 4.79 Å². The third kappa shape index (κ3) is 4.03. The van der Waals surface area contributed by atoms with Crippen molar-refractivity contribution in [2.75, 3.05) is 19.8 Å². The molecule has 0 radical (unpaired) electrons. The van der Waals surface area contributed by atoms with Crippen LogP contribution < -0.4 is 5.32 Å². The number of likely N-dealkylation sites (N-methyl/N-ethyl adjacent to an activating group) is 1. The first-order valence-corrected chi connectivity index (χ1v) is 7.52. The molecule has 3 nitrogen and oxygen atoms in total. The predicted molar refractivity (Wildman–Crippen MR) is 75.7 cm³/mol. The number of benzene rings is 1. The summed E-state index contributed by atoms with van der Waals surface area (Å²) in [5, 5.41) is 3.25. The van der Waals surface area contributed by atoms with Crippen LogP contribution in [0.3, 0.4) is 0 Å². The summed E-state index contributed by atoms with van der Waals surface area (Å²) in [6, 6.07) is 8.93. The number of carbonyl (C=O) groups excluding carboxylic acids is 1. The molecule has 1 fully saturated rings. The van der Waals surface area contributed by atoms with E-state index in [0.29, 0.717) is 19.1 Å². The van der Waals surface area contributed by atoms with Gasteiger partial charge in [0.1, 0.15) is 0 Å². The van der Waals surface area contributed by atoms with Gasteiger partial charge in [0.15, 0.2) is 0 Å². The summed E-state index contributed by atoms with van der Waals surface area (Å²) >= 11 is 1.73. The average Bonchev–Trinajstić information content (AvgIpc) is 3.20. The topological polar surface area (TPSA) is 32.3 Å². The number of rotatable bonds is 6. The molecule has 0 spiro atoms. The third-order valence-electron chi connectivity index (χ3n) is 3.10. The third-order valence-corrected chi connectivity index (χ3v) is 3.82. The maximum absolute atomic E-state index is 11.9. The van der Waals surface area contributed by atoms with Crippen molar-refractivity contribution in [3.63, 3.8) is 0 Å². The lowest BCUT2D eigenvalue weighted by atomic mass is 10.2. The second-order valence-electron chi connectivity index (χ2n) is 4.76. The number of hydrogen-bond acceptors (Lipinski definition) is 3. The summed E-state index contributed by atoms with van der Waals surface area (Å²) in [5.74, 6) is 0.163. The molecule has 0 heterocycles. The van der Waals surface area contributed by atoms with Crippen LogP contribution in [0.5, 0.6) is 0 Å². The molecule has 1 N–H and O–H groups in total. The van der Waals surface area contributed by atoms with E-state index < -0.39 is 0 Å². The Kier molecular flexibility index (Phi) is 4.66. The number of carbonyl (C=O) groups is 1. The lowest BCUT2D eigenvalue weighted by Gasteiger charge is -2.18. The van der Waals surface area contributed by atoms with Gasteiger partial charge in [-0.1, -0.05) is 12.1 Å². The van der Waals surface area contributed by atoms with E-state index in [4.69, 9.17) is 0 Å². The molecule has 1 amide bonds. The van der Waals surface area contributed by atoms with Crippen molar-refractivity contribution in [3.8, 4) is 0 Å². The quantitative estimate of drug-likeness (QED) is 0.799. The van der Waals surface area contributed by atoms with E-state index in [2.05, 4.69) is 29.8 Å². The molecule has 0 aromatic heterocycles. The van der Waals surface area contributed by atoms with Crippen LogP contribution in [0.15, 0.2) is 29.2 Å². The first-order chi connectivity index (χ1) is 8.69. The van der Waals surface area contributed by atoms with Gasteiger partial charge in [0.2, 0.25) is 5.91 Å². The standard InChI is InChI=1S/C14H20N2OS/c1-16(14(17)9-15-12-6-7-12)10-11-4-3-5-13(8-11)18-2/h3-5,8,12,15H,6-7,9-10H2,1-2H3. The minimum absolute atomic E-state index is 0.163. The van der Waals surface area contributed by atoms with E-state index in [-0.39, 0.29) is 5.91 Å². The first-order valence-electron chi connectivity index (χ1n) is 6.29. The fourth-order valence-corrected chi connectivity index (χ4v) is 2.27. The molecule has 1 saturated carbocycles. The highest BCUT2D eigenvalue weighted by molar-refractivity contribution is 7.98. The largest absolute Gasteiger partial charge is 0.340 e. The molecule has 2 rings (SSSR count). The summed E-state index contributed by atoms with van der Waals surface area (Å²) in [7, 11) is 1.86. The minimum atomic E-state index is 0.163. The highest BCUT2D eigenvalue weighted by atomic mass is 32.2. The zero-order chi connectivity index (χ0) is 13.0. The minimum Gasteiger partial charge on any atom is -0.340 e. The van der Waals surface area contributed by atoms with Crippen molar-refractivity contribution in [2.24, 2.45) is 0 Å². The van der Waals surface area contributed by atoms with Gasteiger partial charge in [-0.05, 0) is 36.8 Å². The molecule has 0 atom stereocenters. The molecule has 1 aliphatic rings. The van der Waals surface area contributed by atoms with Gasteiger partial charge in [-0.15, -0.1) is 11.8 Å². The van der Waals surface area contributed by atoms with E-state index >= 15 is 0 Å². The zero-order valence-corrected chi connectivity index (χ0v) is 11.8. The summed E-state index contributed by atoms with van der Waals surface area (Å²) in [6.07, 6.45) is 4.49. The molecule has 4 heteroatoms. The average molecular weight is 264 g/mol. The van der Waals surface area contributed by atoms with Crippen molar-refractivity contribution in [3.05, 3.63) is 29.8 Å². The Morgan fingerprint density at radius 1 is 1.50 bits per heavy atom. The van der Waals surface area contributed by atoms with Crippen LogP contribution in [0.4, 0.5) is 0 Å². The van der Waals surface area contributed by atoms with Crippen LogP contribution >= 0.6 is 11.8 Å². The Labute approximate surface area is 113 Å². The number of amides is 1. The van der Waals surface area contributed by atoms with Crippen LogP contribution in [0.2, 0.25) is 0 Å². The molecule has 0 bridgehead atoms. The Morgan fingerprint density at radius 2 is 2.28 bits per heavy atom. The van der Waals surface area contributed by atoms with E-state index in [1.165, 1.54) is 23.3 Å².